The number of hydrogen-bond acceptors (Lipinski definition) is 1. The van der Waals surface area contributed by atoms with E-state index in [2.05, 4.69) is 4.99 Å². The summed E-state index contributed by atoms with van der Waals surface area (Å²) in [6.45, 7) is 1.16. The predicted molar refractivity (Wildman–Crippen MR) is 47.9 cm³/mol. The van der Waals surface area contributed by atoms with Gasteiger partial charge in [0.1, 0.15) is 6.54 Å². The van der Waals surface area contributed by atoms with Gasteiger partial charge in [-0.1, -0.05) is 0 Å². The summed E-state index contributed by atoms with van der Waals surface area (Å²) in [4.78, 5) is 4.93. The Balaban J connectivity index is 2.60. The van der Waals surface area contributed by atoms with E-state index in [4.69, 9.17) is 5.73 Å². The fraction of sp³-hybridized carbons (Fsp3) is 0.875. The first-order valence-corrected chi connectivity index (χ1v) is 4.57. The van der Waals surface area contributed by atoms with Crippen LogP contribution in [0.4, 0.5) is 13.2 Å². The minimum Gasteiger partial charge on any atom is -0.370 e. The highest BCUT2D eigenvalue weighted by molar-refractivity contribution is 5.78. The highest BCUT2D eigenvalue weighted by atomic mass is 19.4. The van der Waals surface area contributed by atoms with Crippen LogP contribution in [0.15, 0.2) is 4.99 Å². The van der Waals surface area contributed by atoms with Crippen LogP contribution in [0.25, 0.3) is 0 Å². The van der Waals surface area contributed by atoms with Crippen molar-refractivity contribution in [1.82, 2.24) is 4.90 Å². The van der Waals surface area contributed by atoms with Crippen molar-refractivity contribution in [3.8, 4) is 0 Å². The highest BCUT2D eigenvalue weighted by Crippen LogP contribution is 2.29. The van der Waals surface area contributed by atoms with Crippen LogP contribution >= 0.6 is 0 Å². The zero-order valence-electron chi connectivity index (χ0n) is 8.01. The number of guanidine groups is 1. The van der Waals surface area contributed by atoms with Crippen molar-refractivity contribution < 1.29 is 13.2 Å². The summed E-state index contributed by atoms with van der Waals surface area (Å²) in [6, 6.07) is -0.0630. The van der Waals surface area contributed by atoms with Gasteiger partial charge in [-0.3, -0.25) is 4.99 Å². The Kier molecular flexibility index (Phi) is 3.23. The lowest BCUT2D eigenvalue weighted by Gasteiger charge is -2.24. The summed E-state index contributed by atoms with van der Waals surface area (Å²) in [5.41, 5.74) is 5.45. The maximum atomic E-state index is 12.1. The molecule has 1 aliphatic carbocycles. The lowest BCUT2D eigenvalue weighted by atomic mass is 10.4. The van der Waals surface area contributed by atoms with Crippen LogP contribution in [0, 0.1) is 0 Å². The van der Waals surface area contributed by atoms with Crippen molar-refractivity contribution in [3.05, 3.63) is 0 Å². The molecule has 0 amide bonds. The number of rotatable bonds is 3. The maximum Gasteiger partial charge on any atom is 0.406 e. The predicted octanol–water partition coefficient (Wildman–Crippen LogP) is 1.35. The van der Waals surface area contributed by atoms with Gasteiger partial charge in [0, 0.05) is 12.6 Å². The van der Waals surface area contributed by atoms with Crippen molar-refractivity contribution in [2.45, 2.75) is 32.0 Å². The number of nitrogens with zero attached hydrogens (tertiary/aromatic N) is 2. The van der Waals surface area contributed by atoms with E-state index in [1.54, 1.807) is 6.92 Å². The van der Waals surface area contributed by atoms with Gasteiger partial charge in [0.15, 0.2) is 5.96 Å². The number of hydrogen-bond donors (Lipinski definition) is 1. The van der Waals surface area contributed by atoms with Crippen molar-refractivity contribution in [2.75, 3.05) is 13.1 Å². The summed E-state index contributed by atoms with van der Waals surface area (Å²) in [5, 5.41) is 0. The molecule has 3 nitrogen and oxygen atoms in total. The van der Waals surface area contributed by atoms with E-state index in [1.807, 2.05) is 0 Å². The lowest BCUT2D eigenvalue weighted by molar-refractivity contribution is -0.138. The second kappa shape index (κ2) is 4.06. The molecule has 0 unspecified atom stereocenters. The first-order valence-electron chi connectivity index (χ1n) is 4.57. The Morgan fingerprint density at radius 1 is 1.50 bits per heavy atom. The molecule has 0 saturated heterocycles. The molecular weight excluding hydrogens is 195 g/mol. The smallest absolute Gasteiger partial charge is 0.370 e. The molecule has 1 rings (SSSR count). The lowest BCUT2D eigenvalue weighted by Crippen LogP contribution is -2.44. The van der Waals surface area contributed by atoms with Gasteiger partial charge in [0.25, 0.3) is 0 Å². The second-order valence-corrected chi connectivity index (χ2v) is 3.31. The normalized spacial score (nSPS) is 18.4. The minimum absolute atomic E-state index is 0.00678. The molecule has 14 heavy (non-hydrogen) atoms. The largest absolute Gasteiger partial charge is 0.406 e. The Hall–Kier alpha value is -0.940. The van der Waals surface area contributed by atoms with Crippen LogP contribution in [0.5, 0.6) is 0 Å². The van der Waals surface area contributed by atoms with E-state index in [0.29, 0.717) is 6.54 Å². The molecule has 1 fully saturated rings. The Morgan fingerprint density at radius 2 is 2.07 bits per heavy atom. The zero-order valence-corrected chi connectivity index (χ0v) is 8.01. The van der Waals surface area contributed by atoms with Gasteiger partial charge in [-0.15, -0.1) is 0 Å². The SMILES string of the molecule is CCN=C(N)N(CC(F)(F)F)C1CC1. The van der Waals surface area contributed by atoms with E-state index < -0.39 is 12.7 Å². The summed E-state index contributed by atoms with van der Waals surface area (Å²) in [5.74, 6) is 0.00678. The Bertz CT molecular complexity index is 220. The fourth-order valence-corrected chi connectivity index (χ4v) is 1.23. The van der Waals surface area contributed by atoms with E-state index >= 15 is 0 Å². The molecule has 1 saturated carbocycles. The van der Waals surface area contributed by atoms with Crippen molar-refractivity contribution in [3.63, 3.8) is 0 Å². The standard InChI is InChI=1S/C8H14F3N3/c1-2-13-7(12)14(6-3-4-6)5-8(9,10)11/h6H,2-5H2,1H3,(H2,12,13). The van der Waals surface area contributed by atoms with Crippen LogP contribution in [0.2, 0.25) is 0 Å². The van der Waals surface area contributed by atoms with Gasteiger partial charge < -0.3 is 10.6 Å². The molecular formula is C8H14F3N3. The molecule has 82 valence electrons. The summed E-state index contributed by atoms with van der Waals surface area (Å²) >= 11 is 0. The van der Waals surface area contributed by atoms with E-state index in [0.717, 1.165) is 17.7 Å². The third-order valence-electron chi connectivity index (χ3n) is 1.95. The molecule has 0 bridgehead atoms. The van der Waals surface area contributed by atoms with E-state index in [1.165, 1.54) is 0 Å². The molecule has 2 N–H and O–H groups in total. The van der Waals surface area contributed by atoms with Crippen LogP contribution in [-0.2, 0) is 0 Å². The maximum absolute atomic E-state index is 12.1. The molecule has 0 aliphatic heterocycles. The molecule has 0 aromatic carbocycles. The second-order valence-electron chi connectivity index (χ2n) is 3.31. The number of alkyl halides is 3. The Labute approximate surface area is 80.8 Å². The van der Waals surface area contributed by atoms with E-state index in [9.17, 15) is 13.2 Å². The number of nitrogens with two attached hydrogens (primary N) is 1. The van der Waals surface area contributed by atoms with E-state index in [-0.39, 0.29) is 12.0 Å². The van der Waals surface area contributed by atoms with Gasteiger partial charge >= 0.3 is 6.18 Å². The summed E-state index contributed by atoms with van der Waals surface area (Å²) < 4.78 is 36.4. The molecule has 0 aromatic rings. The average Bonchev–Trinajstić information content (AvgIpc) is 2.81. The summed E-state index contributed by atoms with van der Waals surface area (Å²) in [7, 11) is 0. The van der Waals surface area contributed by atoms with Gasteiger partial charge in [-0.25, -0.2) is 0 Å². The first kappa shape index (κ1) is 11.1. The van der Waals surface area contributed by atoms with Gasteiger partial charge in [0.05, 0.1) is 0 Å². The van der Waals surface area contributed by atoms with Crippen LogP contribution < -0.4 is 5.73 Å². The van der Waals surface area contributed by atoms with Crippen LogP contribution in [0.3, 0.4) is 0 Å². The van der Waals surface area contributed by atoms with Crippen molar-refractivity contribution in [1.29, 1.82) is 0 Å². The zero-order chi connectivity index (χ0) is 10.8. The third kappa shape index (κ3) is 3.43. The van der Waals surface area contributed by atoms with Crippen LogP contribution in [-0.4, -0.2) is 36.2 Å². The third-order valence-corrected chi connectivity index (χ3v) is 1.95. The van der Waals surface area contributed by atoms with Crippen molar-refractivity contribution >= 4 is 5.96 Å². The van der Waals surface area contributed by atoms with Gasteiger partial charge in [0.2, 0.25) is 0 Å². The monoisotopic (exact) mass is 209 g/mol. The molecule has 0 atom stereocenters. The highest BCUT2D eigenvalue weighted by Gasteiger charge is 2.38. The molecule has 6 heteroatoms. The first-order chi connectivity index (χ1) is 6.44. The van der Waals surface area contributed by atoms with Gasteiger partial charge in [-0.05, 0) is 19.8 Å². The summed E-state index contributed by atoms with van der Waals surface area (Å²) in [6.07, 6.45) is -2.66. The molecule has 0 aromatic heterocycles. The quantitative estimate of drug-likeness (QED) is 0.563. The molecule has 1 aliphatic rings. The number of halogens is 3. The topological polar surface area (TPSA) is 41.6 Å². The minimum atomic E-state index is -4.21. The van der Waals surface area contributed by atoms with Crippen molar-refractivity contribution in [2.24, 2.45) is 10.7 Å². The fourth-order valence-electron chi connectivity index (χ4n) is 1.23. The number of aliphatic imine (C=N–C) groups is 1. The van der Waals surface area contributed by atoms with Crippen LogP contribution in [0.1, 0.15) is 19.8 Å². The van der Waals surface area contributed by atoms with Gasteiger partial charge in [-0.2, -0.15) is 13.2 Å². The Morgan fingerprint density at radius 3 is 2.43 bits per heavy atom. The average molecular weight is 209 g/mol. The molecule has 0 spiro atoms. The molecule has 0 heterocycles. The molecule has 0 radical (unpaired) electrons.